The van der Waals surface area contributed by atoms with Crippen LogP contribution in [0.2, 0.25) is 0 Å². The van der Waals surface area contributed by atoms with Crippen molar-refractivity contribution in [3.63, 3.8) is 0 Å². The normalized spacial score (nSPS) is 21.4. The molecule has 0 unspecified atom stereocenters. The number of allylic oxidation sites excluding steroid dienone is 1. The number of hydrogen-bond donors (Lipinski definition) is 0. The van der Waals surface area contributed by atoms with Crippen LogP contribution >= 0.6 is 0 Å². The van der Waals surface area contributed by atoms with Crippen molar-refractivity contribution in [2.45, 2.75) is 13.3 Å². The Morgan fingerprint density at radius 1 is 1.27 bits per heavy atom. The lowest BCUT2D eigenvalue weighted by molar-refractivity contribution is 0.717. The van der Waals surface area contributed by atoms with Gasteiger partial charge in [0.05, 0.1) is 0 Å². The van der Waals surface area contributed by atoms with E-state index < -0.39 is 0 Å². The fourth-order valence-corrected chi connectivity index (χ4v) is 1.57. The maximum absolute atomic E-state index is 2.28. The van der Waals surface area contributed by atoms with Crippen LogP contribution in [-0.4, -0.2) is 0 Å². The summed E-state index contributed by atoms with van der Waals surface area (Å²) in [5.41, 5.74) is 2.88. The molecule has 0 radical (unpaired) electrons. The van der Waals surface area contributed by atoms with Gasteiger partial charge in [0.25, 0.3) is 0 Å². The topological polar surface area (TPSA) is 0 Å². The van der Waals surface area contributed by atoms with Gasteiger partial charge < -0.3 is 0 Å². The molecule has 1 aromatic rings. The van der Waals surface area contributed by atoms with E-state index in [9.17, 15) is 0 Å². The second-order valence-electron chi connectivity index (χ2n) is 3.24. The Morgan fingerprint density at radius 2 is 2.09 bits per heavy atom. The largest absolute Gasteiger partial charge is 0.0808 e. The number of fused-ring (bicyclic) bond motifs is 1. The van der Waals surface area contributed by atoms with Crippen LogP contribution in [0, 0.1) is 5.92 Å². The van der Waals surface area contributed by atoms with E-state index in [0.717, 1.165) is 0 Å². The summed E-state index contributed by atoms with van der Waals surface area (Å²) in [6.45, 7) is 2.26. The molecule has 56 valence electrons. The van der Waals surface area contributed by atoms with Crippen molar-refractivity contribution in [2.24, 2.45) is 5.92 Å². The maximum atomic E-state index is 2.28. The second kappa shape index (κ2) is 2.54. The molecule has 1 aromatic carbocycles. The van der Waals surface area contributed by atoms with E-state index in [0.29, 0.717) is 5.92 Å². The molecule has 0 aromatic heterocycles. The molecule has 0 saturated carbocycles. The molecule has 0 N–H and O–H groups in total. The first-order valence-corrected chi connectivity index (χ1v) is 4.12. The third-order valence-corrected chi connectivity index (χ3v) is 2.20. The van der Waals surface area contributed by atoms with E-state index in [1.54, 1.807) is 0 Å². The minimum Gasteiger partial charge on any atom is -0.0808 e. The highest BCUT2D eigenvalue weighted by molar-refractivity contribution is 5.56. The highest BCUT2D eigenvalue weighted by Crippen LogP contribution is 2.21. The number of benzene rings is 1. The average Bonchev–Trinajstić information content (AvgIpc) is 2.04. The van der Waals surface area contributed by atoms with Crippen molar-refractivity contribution in [2.75, 3.05) is 0 Å². The smallest absolute Gasteiger partial charge is 0.0212 e. The summed E-state index contributed by atoms with van der Waals surface area (Å²) in [5.74, 6) is 0.713. The van der Waals surface area contributed by atoms with Crippen LogP contribution in [0.4, 0.5) is 0 Å². The molecule has 0 aliphatic heterocycles. The van der Waals surface area contributed by atoms with E-state index in [1.807, 2.05) is 0 Å². The molecule has 0 amide bonds. The Labute approximate surface area is 67.6 Å². The Hall–Kier alpha value is -1.04. The summed E-state index contributed by atoms with van der Waals surface area (Å²) >= 11 is 0. The predicted molar refractivity (Wildman–Crippen MR) is 48.3 cm³/mol. The highest BCUT2D eigenvalue weighted by atomic mass is 14.1. The van der Waals surface area contributed by atoms with Crippen LogP contribution < -0.4 is 0 Å². The van der Waals surface area contributed by atoms with Gasteiger partial charge in [0.2, 0.25) is 0 Å². The third kappa shape index (κ3) is 1.21. The second-order valence-corrected chi connectivity index (χ2v) is 3.24. The molecule has 0 saturated heterocycles. The molecular formula is C11H12. The molecule has 11 heavy (non-hydrogen) atoms. The minimum atomic E-state index is 0.713. The zero-order valence-electron chi connectivity index (χ0n) is 6.75. The van der Waals surface area contributed by atoms with Gasteiger partial charge in [0.1, 0.15) is 0 Å². The maximum Gasteiger partial charge on any atom is -0.0212 e. The van der Waals surface area contributed by atoms with Crippen LogP contribution in [0.3, 0.4) is 0 Å². The van der Waals surface area contributed by atoms with E-state index in [4.69, 9.17) is 0 Å². The molecule has 0 spiro atoms. The van der Waals surface area contributed by atoms with E-state index in [2.05, 4.69) is 43.3 Å². The lowest BCUT2D eigenvalue weighted by Gasteiger charge is -2.14. The van der Waals surface area contributed by atoms with Crippen molar-refractivity contribution in [1.29, 1.82) is 0 Å². The first-order chi connectivity index (χ1) is 5.36. The van der Waals surface area contributed by atoms with Gasteiger partial charge in [-0.25, -0.2) is 0 Å². The van der Waals surface area contributed by atoms with Crippen LogP contribution in [-0.2, 0) is 6.42 Å². The Bertz CT molecular complexity index is 284. The van der Waals surface area contributed by atoms with Gasteiger partial charge >= 0.3 is 0 Å². The van der Waals surface area contributed by atoms with Gasteiger partial charge in [-0.15, -0.1) is 0 Å². The van der Waals surface area contributed by atoms with Crippen molar-refractivity contribution < 1.29 is 0 Å². The minimum absolute atomic E-state index is 0.713. The van der Waals surface area contributed by atoms with Gasteiger partial charge in [-0.1, -0.05) is 43.3 Å². The summed E-state index contributed by atoms with van der Waals surface area (Å²) in [4.78, 5) is 0. The van der Waals surface area contributed by atoms with Crippen LogP contribution in [0.15, 0.2) is 30.3 Å². The first kappa shape index (κ1) is 6.66. The Kier molecular flexibility index (Phi) is 1.54. The SMILES string of the molecule is C[C@@H]1C=Cc2ccccc2C1. The fourth-order valence-electron chi connectivity index (χ4n) is 1.57. The van der Waals surface area contributed by atoms with Gasteiger partial charge in [0.15, 0.2) is 0 Å². The molecule has 0 heterocycles. The van der Waals surface area contributed by atoms with E-state index >= 15 is 0 Å². The molecule has 2 rings (SSSR count). The molecule has 1 aliphatic rings. The van der Waals surface area contributed by atoms with E-state index in [-0.39, 0.29) is 0 Å². The first-order valence-electron chi connectivity index (χ1n) is 4.12. The van der Waals surface area contributed by atoms with Crippen molar-refractivity contribution in [3.8, 4) is 0 Å². The van der Waals surface area contributed by atoms with Gasteiger partial charge in [0, 0.05) is 0 Å². The Morgan fingerprint density at radius 3 is 3.00 bits per heavy atom. The highest BCUT2D eigenvalue weighted by Gasteiger charge is 2.07. The Balaban J connectivity index is 2.46. The van der Waals surface area contributed by atoms with Crippen LogP contribution in [0.25, 0.3) is 6.08 Å². The quantitative estimate of drug-likeness (QED) is 0.525. The number of rotatable bonds is 0. The molecular weight excluding hydrogens is 132 g/mol. The lowest BCUT2D eigenvalue weighted by atomic mass is 9.91. The lowest BCUT2D eigenvalue weighted by Crippen LogP contribution is -2.02. The summed E-state index contributed by atoms with van der Waals surface area (Å²) in [6.07, 6.45) is 5.71. The molecule has 0 heteroatoms. The van der Waals surface area contributed by atoms with Gasteiger partial charge in [-0.3, -0.25) is 0 Å². The third-order valence-electron chi connectivity index (χ3n) is 2.20. The summed E-state index contributed by atoms with van der Waals surface area (Å²) in [5, 5.41) is 0. The zero-order chi connectivity index (χ0) is 7.68. The molecule has 1 aliphatic carbocycles. The summed E-state index contributed by atoms with van der Waals surface area (Å²) in [6, 6.07) is 8.61. The molecule has 0 bridgehead atoms. The standard InChI is InChI=1S/C11H12/c1-9-6-7-10-4-2-3-5-11(10)8-9/h2-7,9H,8H2,1H3/t9-/m1/s1. The van der Waals surface area contributed by atoms with Crippen molar-refractivity contribution in [3.05, 3.63) is 41.5 Å². The van der Waals surface area contributed by atoms with Crippen LogP contribution in [0.1, 0.15) is 18.1 Å². The summed E-state index contributed by atoms with van der Waals surface area (Å²) < 4.78 is 0. The zero-order valence-corrected chi connectivity index (χ0v) is 6.75. The van der Waals surface area contributed by atoms with Crippen LogP contribution in [0.5, 0.6) is 0 Å². The van der Waals surface area contributed by atoms with Crippen molar-refractivity contribution in [1.82, 2.24) is 0 Å². The van der Waals surface area contributed by atoms with Gasteiger partial charge in [-0.05, 0) is 23.5 Å². The monoisotopic (exact) mass is 144 g/mol. The number of hydrogen-bond acceptors (Lipinski definition) is 0. The average molecular weight is 144 g/mol. The molecule has 0 nitrogen and oxygen atoms in total. The van der Waals surface area contributed by atoms with Crippen molar-refractivity contribution >= 4 is 6.08 Å². The fraction of sp³-hybridized carbons (Fsp3) is 0.273. The summed E-state index contributed by atoms with van der Waals surface area (Å²) in [7, 11) is 0. The molecule has 1 atom stereocenters. The van der Waals surface area contributed by atoms with Gasteiger partial charge in [-0.2, -0.15) is 0 Å². The molecule has 0 fully saturated rings. The van der Waals surface area contributed by atoms with E-state index in [1.165, 1.54) is 17.5 Å². The predicted octanol–water partition coefficient (Wildman–Crippen LogP) is 2.89.